The molecule has 1 amide bonds. The minimum absolute atomic E-state index is 0.0505. The number of alkyl halides is 1. The standard InChI is InChI=1S/C12H18FNO2/c1-3-14(4-2)12(15)16-11-9-7-5-6-8(9)10(11)13/h5,7-11H,3-4,6H2,1-2H3. The highest BCUT2D eigenvalue weighted by atomic mass is 19.1. The summed E-state index contributed by atoms with van der Waals surface area (Å²) in [7, 11) is 0. The van der Waals surface area contributed by atoms with Gasteiger partial charge >= 0.3 is 6.09 Å². The lowest BCUT2D eigenvalue weighted by molar-refractivity contribution is -0.0989. The molecule has 2 aliphatic rings. The van der Waals surface area contributed by atoms with Crippen molar-refractivity contribution in [2.75, 3.05) is 13.1 Å². The molecule has 0 spiro atoms. The number of hydrogen-bond donors (Lipinski definition) is 0. The molecule has 2 aliphatic carbocycles. The lowest BCUT2D eigenvalue weighted by Crippen LogP contribution is -2.54. The van der Waals surface area contributed by atoms with Crippen LogP contribution in [0.25, 0.3) is 0 Å². The largest absolute Gasteiger partial charge is 0.442 e. The van der Waals surface area contributed by atoms with Crippen molar-refractivity contribution < 1.29 is 13.9 Å². The molecule has 0 radical (unpaired) electrons. The van der Waals surface area contributed by atoms with Crippen molar-refractivity contribution in [2.45, 2.75) is 32.5 Å². The molecule has 0 bridgehead atoms. The second-order valence-electron chi connectivity index (χ2n) is 4.37. The first kappa shape index (κ1) is 11.4. The predicted molar refractivity (Wildman–Crippen MR) is 58.8 cm³/mol. The Kier molecular flexibility index (Phi) is 3.17. The molecule has 16 heavy (non-hydrogen) atoms. The minimum atomic E-state index is -0.987. The SMILES string of the molecule is CCN(CC)C(=O)OC1C(F)C2CC=CC21. The Balaban J connectivity index is 1.90. The number of halogens is 1. The summed E-state index contributed by atoms with van der Waals surface area (Å²) >= 11 is 0. The molecular formula is C12H18FNO2. The first-order chi connectivity index (χ1) is 7.69. The van der Waals surface area contributed by atoms with Crippen molar-refractivity contribution >= 4 is 6.09 Å². The Labute approximate surface area is 95.3 Å². The van der Waals surface area contributed by atoms with E-state index in [-0.39, 0.29) is 11.8 Å². The Morgan fingerprint density at radius 2 is 2.19 bits per heavy atom. The number of fused-ring (bicyclic) bond motifs is 1. The van der Waals surface area contributed by atoms with Gasteiger partial charge in [-0.3, -0.25) is 0 Å². The molecule has 4 heteroatoms. The number of amides is 1. The van der Waals surface area contributed by atoms with Crippen LogP contribution in [-0.2, 0) is 4.74 Å². The zero-order valence-corrected chi connectivity index (χ0v) is 9.73. The third kappa shape index (κ3) is 1.70. The first-order valence-corrected chi connectivity index (χ1v) is 5.95. The highest BCUT2D eigenvalue weighted by Gasteiger charge is 2.53. The molecule has 0 aliphatic heterocycles. The second-order valence-corrected chi connectivity index (χ2v) is 4.37. The summed E-state index contributed by atoms with van der Waals surface area (Å²) in [5.74, 6) is 0.156. The van der Waals surface area contributed by atoms with Gasteiger partial charge in [0.25, 0.3) is 0 Å². The van der Waals surface area contributed by atoms with E-state index in [1.165, 1.54) is 0 Å². The molecule has 2 rings (SSSR count). The van der Waals surface area contributed by atoms with E-state index in [1.807, 2.05) is 26.0 Å². The van der Waals surface area contributed by atoms with Crippen molar-refractivity contribution in [3.8, 4) is 0 Å². The maximum absolute atomic E-state index is 13.6. The monoisotopic (exact) mass is 227 g/mol. The normalized spacial score (nSPS) is 35.4. The van der Waals surface area contributed by atoms with E-state index in [4.69, 9.17) is 4.74 Å². The van der Waals surface area contributed by atoms with Crippen molar-refractivity contribution in [3.63, 3.8) is 0 Å². The Morgan fingerprint density at radius 3 is 2.81 bits per heavy atom. The lowest BCUT2D eigenvalue weighted by Gasteiger charge is -2.43. The van der Waals surface area contributed by atoms with Gasteiger partial charge in [0.1, 0.15) is 12.3 Å². The molecular weight excluding hydrogens is 209 g/mol. The molecule has 3 nitrogen and oxygen atoms in total. The Bertz CT molecular complexity index is 301. The molecule has 0 aromatic rings. The van der Waals surface area contributed by atoms with Crippen LogP contribution in [0.3, 0.4) is 0 Å². The van der Waals surface area contributed by atoms with Crippen molar-refractivity contribution in [3.05, 3.63) is 12.2 Å². The van der Waals surface area contributed by atoms with Crippen LogP contribution in [0.1, 0.15) is 20.3 Å². The van der Waals surface area contributed by atoms with E-state index in [9.17, 15) is 9.18 Å². The minimum Gasteiger partial charge on any atom is -0.442 e. The van der Waals surface area contributed by atoms with Crippen molar-refractivity contribution in [2.24, 2.45) is 11.8 Å². The van der Waals surface area contributed by atoms with E-state index < -0.39 is 18.4 Å². The van der Waals surface area contributed by atoms with Gasteiger partial charge < -0.3 is 9.64 Å². The second kappa shape index (κ2) is 4.44. The Morgan fingerprint density at radius 1 is 1.50 bits per heavy atom. The average molecular weight is 227 g/mol. The van der Waals surface area contributed by atoms with E-state index in [0.717, 1.165) is 6.42 Å². The molecule has 1 fully saturated rings. The van der Waals surface area contributed by atoms with Gasteiger partial charge in [-0.1, -0.05) is 12.2 Å². The van der Waals surface area contributed by atoms with Crippen LogP contribution in [0.2, 0.25) is 0 Å². The van der Waals surface area contributed by atoms with Crippen LogP contribution in [0.15, 0.2) is 12.2 Å². The summed E-state index contributed by atoms with van der Waals surface area (Å²) < 4.78 is 18.9. The van der Waals surface area contributed by atoms with Gasteiger partial charge in [0.15, 0.2) is 0 Å². The van der Waals surface area contributed by atoms with Crippen LogP contribution >= 0.6 is 0 Å². The zero-order chi connectivity index (χ0) is 11.7. The molecule has 0 heterocycles. The molecule has 0 N–H and O–H groups in total. The van der Waals surface area contributed by atoms with Crippen LogP contribution in [0.5, 0.6) is 0 Å². The number of rotatable bonds is 3. The molecule has 0 aromatic carbocycles. The van der Waals surface area contributed by atoms with Gasteiger partial charge in [-0.15, -0.1) is 0 Å². The van der Waals surface area contributed by atoms with E-state index in [0.29, 0.717) is 13.1 Å². The number of nitrogens with zero attached hydrogens (tertiary/aromatic N) is 1. The lowest BCUT2D eigenvalue weighted by atomic mass is 9.71. The van der Waals surface area contributed by atoms with Gasteiger partial charge in [-0.2, -0.15) is 0 Å². The first-order valence-electron chi connectivity index (χ1n) is 5.95. The summed E-state index contributed by atoms with van der Waals surface area (Å²) in [5.41, 5.74) is 0. The summed E-state index contributed by atoms with van der Waals surface area (Å²) in [4.78, 5) is 13.2. The number of allylic oxidation sites excluding steroid dienone is 1. The zero-order valence-electron chi connectivity index (χ0n) is 9.73. The quantitative estimate of drug-likeness (QED) is 0.693. The van der Waals surface area contributed by atoms with Crippen LogP contribution in [-0.4, -0.2) is 36.4 Å². The van der Waals surface area contributed by atoms with E-state index >= 15 is 0 Å². The Hall–Kier alpha value is -1.06. The fraction of sp³-hybridized carbons (Fsp3) is 0.750. The molecule has 4 atom stereocenters. The highest BCUT2D eigenvalue weighted by molar-refractivity contribution is 5.68. The van der Waals surface area contributed by atoms with Crippen LogP contribution in [0, 0.1) is 11.8 Å². The molecule has 0 aromatic heterocycles. The fourth-order valence-corrected chi connectivity index (χ4v) is 2.51. The predicted octanol–water partition coefficient (Wildman–Crippen LogP) is 2.38. The third-order valence-corrected chi connectivity index (χ3v) is 3.62. The summed E-state index contributed by atoms with van der Waals surface area (Å²) in [6.45, 7) is 4.97. The number of ether oxygens (including phenoxy) is 1. The van der Waals surface area contributed by atoms with Crippen LogP contribution < -0.4 is 0 Å². The van der Waals surface area contributed by atoms with Gasteiger partial charge in [-0.05, 0) is 20.3 Å². The van der Waals surface area contributed by atoms with Crippen molar-refractivity contribution in [1.29, 1.82) is 0 Å². The van der Waals surface area contributed by atoms with E-state index in [2.05, 4.69) is 0 Å². The molecule has 4 unspecified atom stereocenters. The molecule has 0 saturated heterocycles. The van der Waals surface area contributed by atoms with Crippen LogP contribution in [0.4, 0.5) is 9.18 Å². The van der Waals surface area contributed by atoms with Gasteiger partial charge in [0.2, 0.25) is 0 Å². The number of carbonyl (C=O) groups excluding carboxylic acids is 1. The highest BCUT2D eigenvalue weighted by Crippen LogP contribution is 2.46. The topological polar surface area (TPSA) is 29.5 Å². The third-order valence-electron chi connectivity index (χ3n) is 3.62. The number of hydrogen-bond acceptors (Lipinski definition) is 2. The van der Waals surface area contributed by atoms with Gasteiger partial charge in [-0.25, -0.2) is 9.18 Å². The molecule has 90 valence electrons. The average Bonchev–Trinajstić information content (AvgIpc) is 2.72. The smallest absolute Gasteiger partial charge is 0.410 e. The summed E-state index contributed by atoms with van der Waals surface area (Å²) in [6.07, 6.45) is 2.80. The van der Waals surface area contributed by atoms with E-state index in [1.54, 1.807) is 4.90 Å². The molecule has 1 saturated carbocycles. The van der Waals surface area contributed by atoms with Gasteiger partial charge in [0, 0.05) is 24.9 Å². The number of carbonyl (C=O) groups is 1. The fourth-order valence-electron chi connectivity index (χ4n) is 2.51. The summed E-state index contributed by atoms with van der Waals surface area (Å²) in [6, 6.07) is 0. The maximum atomic E-state index is 13.6. The van der Waals surface area contributed by atoms with Gasteiger partial charge in [0.05, 0.1) is 0 Å². The summed E-state index contributed by atoms with van der Waals surface area (Å²) in [5, 5.41) is 0. The maximum Gasteiger partial charge on any atom is 0.410 e. The van der Waals surface area contributed by atoms with Crippen molar-refractivity contribution in [1.82, 2.24) is 4.90 Å².